The van der Waals surface area contributed by atoms with E-state index in [2.05, 4.69) is 29.8 Å². The number of benzene rings is 1. The lowest BCUT2D eigenvalue weighted by Crippen LogP contribution is -2.28. The van der Waals surface area contributed by atoms with Gasteiger partial charge in [-0.3, -0.25) is 0 Å². The fourth-order valence-electron chi connectivity index (χ4n) is 2.88. The van der Waals surface area contributed by atoms with Crippen LogP contribution in [0.5, 0.6) is 5.75 Å². The van der Waals surface area contributed by atoms with Crippen LogP contribution in [0.3, 0.4) is 0 Å². The third kappa shape index (κ3) is 1.67. The van der Waals surface area contributed by atoms with Crippen molar-refractivity contribution < 1.29 is 4.74 Å². The van der Waals surface area contributed by atoms with Gasteiger partial charge in [-0.15, -0.1) is 22.7 Å². The summed E-state index contributed by atoms with van der Waals surface area (Å²) in [7, 11) is 0. The molecule has 0 spiro atoms. The molecule has 2 heterocycles. The SMILES string of the molecule is CC1(COc2ccccc2)c2ccsc2-c2sccc21. The second-order valence-electron chi connectivity index (χ2n) is 5.26. The molecule has 2 aromatic heterocycles. The van der Waals surface area contributed by atoms with E-state index in [1.807, 2.05) is 53.0 Å². The Morgan fingerprint density at radius 3 is 2.10 bits per heavy atom. The van der Waals surface area contributed by atoms with E-state index in [4.69, 9.17) is 4.74 Å². The van der Waals surface area contributed by atoms with Crippen LogP contribution in [0.25, 0.3) is 9.75 Å². The van der Waals surface area contributed by atoms with E-state index in [1.54, 1.807) is 0 Å². The lowest BCUT2D eigenvalue weighted by atomic mass is 9.82. The minimum absolute atomic E-state index is 0.0273. The maximum Gasteiger partial charge on any atom is 0.119 e. The van der Waals surface area contributed by atoms with Gasteiger partial charge in [0, 0.05) is 9.75 Å². The normalized spacial score (nSPS) is 14.8. The Balaban J connectivity index is 1.71. The average Bonchev–Trinajstić information content (AvgIpc) is 3.16. The number of hydrogen-bond donors (Lipinski definition) is 0. The van der Waals surface area contributed by atoms with Crippen molar-refractivity contribution in [3.05, 3.63) is 64.4 Å². The van der Waals surface area contributed by atoms with E-state index in [-0.39, 0.29) is 5.41 Å². The van der Waals surface area contributed by atoms with E-state index in [0.29, 0.717) is 6.61 Å². The maximum atomic E-state index is 6.05. The van der Waals surface area contributed by atoms with Crippen molar-refractivity contribution in [2.75, 3.05) is 6.61 Å². The quantitative estimate of drug-likeness (QED) is 0.648. The Hall–Kier alpha value is -1.58. The molecule has 3 aromatic rings. The van der Waals surface area contributed by atoms with Gasteiger partial charge in [0.05, 0.1) is 5.41 Å². The number of hydrogen-bond acceptors (Lipinski definition) is 3. The highest BCUT2D eigenvalue weighted by Crippen LogP contribution is 2.53. The second-order valence-corrected chi connectivity index (χ2v) is 7.09. The fraction of sp³-hybridized carbons (Fsp3) is 0.176. The smallest absolute Gasteiger partial charge is 0.119 e. The van der Waals surface area contributed by atoms with Gasteiger partial charge < -0.3 is 4.74 Å². The van der Waals surface area contributed by atoms with Crippen LogP contribution in [0.15, 0.2) is 53.2 Å². The molecule has 0 radical (unpaired) electrons. The highest BCUT2D eigenvalue weighted by Gasteiger charge is 2.41. The highest BCUT2D eigenvalue weighted by atomic mass is 32.1. The van der Waals surface area contributed by atoms with Gasteiger partial charge in [0.15, 0.2) is 0 Å². The average molecular weight is 298 g/mol. The van der Waals surface area contributed by atoms with Crippen LogP contribution in [0.4, 0.5) is 0 Å². The zero-order valence-electron chi connectivity index (χ0n) is 11.1. The molecule has 100 valence electrons. The number of thiophene rings is 2. The monoisotopic (exact) mass is 298 g/mol. The molecular formula is C17H14OS2. The lowest BCUT2D eigenvalue weighted by Gasteiger charge is -2.25. The summed E-state index contributed by atoms with van der Waals surface area (Å²) in [5.41, 5.74) is 2.81. The molecule has 0 unspecified atom stereocenters. The van der Waals surface area contributed by atoms with Crippen LogP contribution in [0.2, 0.25) is 0 Å². The molecule has 0 bridgehead atoms. The summed E-state index contributed by atoms with van der Waals surface area (Å²) >= 11 is 3.68. The topological polar surface area (TPSA) is 9.23 Å². The highest BCUT2D eigenvalue weighted by molar-refractivity contribution is 7.21. The van der Waals surface area contributed by atoms with Crippen molar-refractivity contribution in [2.45, 2.75) is 12.3 Å². The molecule has 3 heteroatoms. The molecule has 1 aromatic carbocycles. The first-order valence-corrected chi connectivity index (χ1v) is 8.39. The number of rotatable bonds is 3. The van der Waals surface area contributed by atoms with Crippen molar-refractivity contribution in [1.29, 1.82) is 0 Å². The summed E-state index contributed by atoms with van der Waals surface area (Å²) in [4.78, 5) is 2.85. The molecule has 0 saturated heterocycles. The Labute approximate surface area is 126 Å². The molecule has 1 aliphatic rings. The summed E-state index contributed by atoms with van der Waals surface area (Å²) in [6.45, 7) is 2.98. The van der Waals surface area contributed by atoms with Crippen LogP contribution < -0.4 is 4.74 Å². The van der Waals surface area contributed by atoms with Gasteiger partial charge in [-0.1, -0.05) is 18.2 Å². The molecular weight excluding hydrogens is 284 g/mol. The first-order valence-electron chi connectivity index (χ1n) is 6.63. The summed E-state index contributed by atoms with van der Waals surface area (Å²) in [5, 5.41) is 4.38. The Morgan fingerprint density at radius 2 is 1.50 bits per heavy atom. The van der Waals surface area contributed by atoms with Gasteiger partial charge in [-0.2, -0.15) is 0 Å². The van der Waals surface area contributed by atoms with Gasteiger partial charge in [0.1, 0.15) is 12.4 Å². The van der Waals surface area contributed by atoms with Crippen molar-refractivity contribution >= 4 is 22.7 Å². The van der Waals surface area contributed by atoms with Crippen LogP contribution >= 0.6 is 22.7 Å². The van der Waals surface area contributed by atoms with Gasteiger partial charge in [-0.05, 0) is 53.1 Å². The van der Waals surface area contributed by atoms with Gasteiger partial charge in [0.2, 0.25) is 0 Å². The van der Waals surface area contributed by atoms with E-state index in [1.165, 1.54) is 20.9 Å². The summed E-state index contributed by atoms with van der Waals surface area (Å²) < 4.78 is 6.05. The van der Waals surface area contributed by atoms with E-state index >= 15 is 0 Å². The number of para-hydroxylation sites is 1. The molecule has 20 heavy (non-hydrogen) atoms. The molecule has 0 amide bonds. The standard InChI is InChI=1S/C17H14OS2/c1-17(11-18-12-5-3-2-4-6-12)13-7-9-19-15(13)16-14(17)8-10-20-16/h2-10H,11H2,1H3. The first kappa shape index (κ1) is 12.2. The minimum Gasteiger partial charge on any atom is -0.492 e. The van der Waals surface area contributed by atoms with Crippen LogP contribution in [0, 0.1) is 0 Å². The molecule has 4 rings (SSSR count). The Morgan fingerprint density at radius 1 is 0.900 bits per heavy atom. The fourth-order valence-corrected chi connectivity index (χ4v) is 5.13. The number of ether oxygens (including phenoxy) is 1. The van der Waals surface area contributed by atoms with E-state index in [0.717, 1.165) is 5.75 Å². The maximum absolute atomic E-state index is 6.05. The Bertz CT molecular complexity index is 699. The van der Waals surface area contributed by atoms with Crippen molar-refractivity contribution in [1.82, 2.24) is 0 Å². The Kier molecular flexibility index (Phi) is 2.72. The molecule has 0 fully saturated rings. The zero-order chi connectivity index (χ0) is 13.6. The lowest BCUT2D eigenvalue weighted by molar-refractivity contribution is 0.257. The second kappa shape index (κ2) is 4.47. The van der Waals surface area contributed by atoms with E-state index in [9.17, 15) is 0 Å². The summed E-state index contributed by atoms with van der Waals surface area (Å²) in [5.74, 6) is 0.939. The molecule has 0 atom stereocenters. The third-order valence-electron chi connectivity index (χ3n) is 4.00. The third-order valence-corrected chi connectivity index (χ3v) is 5.99. The van der Waals surface area contributed by atoms with Crippen LogP contribution in [-0.4, -0.2) is 6.61 Å². The van der Waals surface area contributed by atoms with Crippen molar-refractivity contribution in [2.24, 2.45) is 0 Å². The predicted octanol–water partition coefficient (Wildman–Crippen LogP) is 5.18. The van der Waals surface area contributed by atoms with Crippen molar-refractivity contribution in [3.8, 4) is 15.5 Å². The molecule has 1 aliphatic carbocycles. The largest absolute Gasteiger partial charge is 0.492 e. The van der Waals surface area contributed by atoms with Crippen LogP contribution in [0.1, 0.15) is 18.1 Å². The van der Waals surface area contributed by atoms with E-state index < -0.39 is 0 Å². The molecule has 0 aliphatic heterocycles. The molecule has 1 nitrogen and oxygen atoms in total. The minimum atomic E-state index is -0.0273. The van der Waals surface area contributed by atoms with Gasteiger partial charge >= 0.3 is 0 Å². The van der Waals surface area contributed by atoms with Crippen LogP contribution in [-0.2, 0) is 5.41 Å². The number of fused-ring (bicyclic) bond motifs is 3. The van der Waals surface area contributed by atoms with Gasteiger partial charge in [-0.25, -0.2) is 0 Å². The first-order chi connectivity index (χ1) is 9.79. The van der Waals surface area contributed by atoms with Gasteiger partial charge in [0.25, 0.3) is 0 Å². The molecule has 0 saturated carbocycles. The summed E-state index contributed by atoms with van der Waals surface area (Å²) in [6.07, 6.45) is 0. The predicted molar refractivity (Wildman–Crippen MR) is 86.0 cm³/mol. The zero-order valence-corrected chi connectivity index (χ0v) is 12.8. The van der Waals surface area contributed by atoms with Crippen molar-refractivity contribution in [3.63, 3.8) is 0 Å². The molecule has 0 N–H and O–H groups in total. The summed E-state index contributed by atoms with van der Waals surface area (Å²) in [6, 6.07) is 14.6.